The van der Waals surface area contributed by atoms with Crippen molar-refractivity contribution in [3.63, 3.8) is 0 Å². The van der Waals surface area contributed by atoms with E-state index in [9.17, 15) is 22.8 Å². The number of amides is 1. The van der Waals surface area contributed by atoms with Crippen LogP contribution in [0.15, 0.2) is 23.0 Å². The smallest absolute Gasteiger partial charge is 0.323 e. The number of carbonyl (C=O) groups is 1. The van der Waals surface area contributed by atoms with E-state index < -0.39 is 29.8 Å². The normalized spacial score (nSPS) is 11.1. The molecule has 0 fully saturated rings. The van der Waals surface area contributed by atoms with Gasteiger partial charge in [-0.25, -0.2) is 4.68 Å². The molecule has 0 bridgehead atoms. The van der Waals surface area contributed by atoms with Crippen molar-refractivity contribution in [1.29, 1.82) is 5.26 Å². The van der Waals surface area contributed by atoms with E-state index in [0.29, 0.717) is 17.3 Å². The van der Waals surface area contributed by atoms with Gasteiger partial charge in [-0.3, -0.25) is 9.59 Å². The standard InChI is InChI=1S/C16H12ClF3N4O2/c1-8-9(2)23-24(15(26)11(8)6-21)7-14(25)22-13-5-10(16(18,19)20)3-4-12(13)17/h3-5H,7H2,1-2H3,(H,22,25). The summed E-state index contributed by atoms with van der Waals surface area (Å²) in [7, 11) is 0. The lowest BCUT2D eigenvalue weighted by atomic mass is 10.1. The van der Waals surface area contributed by atoms with E-state index in [1.54, 1.807) is 19.9 Å². The van der Waals surface area contributed by atoms with Crippen LogP contribution in [0, 0.1) is 25.2 Å². The first kappa shape index (κ1) is 19.5. The van der Waals surface area contributed by atoms with Crippen LogP contribution in [0.2, 0.25) is 5.02 Å². The molecule has 26 heavy (non-hydrogen) atoms. The van der Waals surface area contributed by atoms with Crippen LogP contribution in [-0.2, 0) is 17.5 Å². The fourth-order valence-corrected chi connectivity index (χ4v) is 2.30. The lowest BCUT2D eigenvalue weighted by Crippen LogP contribution is -2.32. The molecule has 1 N–H and O–H groups in total. The monoisotopic (exact) mass is 384 g/mol. The highest BCUT2D eigenvalue weighted by atomic mass is 35.5. The Morgan fingerprint density at radius 2 is 2.04 bits per heavy atom. The Morgan fingerprint density at radius 1 is 1.38 bits per heavy atom. The Labute approximate surface area is 150 Å². The average molecular weight is 385 g/mol. The van der Waals surface area contributed by atoms with E-state index in [1.165, 1.54) is 0 Å². The highest BCUT2D eigenvalue weighted by molar-refractivity contribution is 6.33. The van der Waals surface area contributed by atoms with Gasteiger partial charge in [-0.15, -0.1) is 0 Å². The zero-order valence-electron chi connectivity index (χ0n) is 13.6. The summed E-state index contributed by atoms with van der Waals surface area (Å²) in [5.41, 5.74) is -1.36. The highest BCUT2D eigenvalue weighted by Crippen LogP contribution is 2.33. The second kappa shape index (κ2) is 7.17. The molecule has 1 aromatic heterocycles. The predicted octanol–water partition coefficient (Wildman–Crippen LogP) is 3.04. The second-order valence-corrected chi connectivity index (χ2v) is 5.81. The molecule has 0 aliphatic carbocycles. The molecule has 0 radical (unpaired) electrons. The molecule has 1 heterocycles. The van der Waals surface area contributed by atoms with Crippen molar-refractivity contribution in [3.8, 4) is 6.07 Å². The number of benzene rings is 1. The summed E-state index contributed by atoms with van der Waals surface area (Å²) in [5.74, 6) is -0.812. The van der Waals surface area contributed by atoms with Gasteiger partial charge < -0.3 is 5.32 Å². The molecular weight excluding hydrogens is 373 g/mol. The van der Waals surface area contributed by atoms with E-state index in [0.717, 1.165) is 16.8 Å². The fourth-order valence-electron chi connectivity index (χ4n) is 2.13. The van der Waals surface area contributed by atoms with E-state index in [-0.39, 0.29) is 16.3 Å². The summed E-state index contributed by atoms with van der Waals surface area (Å²) in [6, 6.07) is 4.23. The summed E-state index contributed by atoms with van der Waals surface area (Å²) in [4.78, 5) is 24.2. The van der Waals surface area contributed by atoms with Gasteiger partial charge in [0.1, 0.15) is 18.2 Å². The minimum absolute atomic E-state index is 0.0931. The van der Waals surface area contributed by atoms with Gasteiger partial charge in [0.25, 0.3) is 5.56 Å². The number of aromatic nitrogens is 2. The highest BCUT2D eigenvalue weighted by Gasteiger charge is 2.31. The number of carbonyl (C=O) groups excluding carboxylic acids is 1. The molecule has 0 unspecified atom stereocenters. The number of nitrogens with zero attached hydrogens (tertiary/aromatic N) is 3. The van der Waals surface area contributed by atoms with Crippen molar-refractivity contribution in [1.82, 2.24) is 9.78 Å². The fraction of sp³-hybridized carbons (Fsp3) is 0.250. The lowest BCUT2D eigenvalue weighted by Gasteiger charge is -2.12. The first-order valence-corrected chi connectivity index (χ1v) is 7.57. The van der Waals surface area contributed by atoms with Gasteiger partial charge in [0.05, 0.1) is 22.0 Å². The number of nitrogens with one attached hydrogen (secondary N) is 1. The van der Waals surface area contributed by atoms with Crippen molar-refractivity contribution in [2.45, 2.75) is 26.6 Å². The molecule has 0 saturated heterocycles. The Kier molecular flexibility index (Phi) is 5.37. The van der Waals surface area contributed by atoms with Crippen LogP contribution < -0.4 is 10.9 Å². The molecule has 6 nitrogen and oxygen atoms in total. The summed E-state index contributed by atoms with van der Waals surface area (Å²) in [6.07, 6.45) is -4.60. The Hall–Kier alpha value is -2.86. The maximum absolute atomic E-state index is 12.8. The van der Waals surface area contributed by atoms with Crippen LogP contribution >= 0.6 is 11.6 Å². The van der Waals surface area contributed by atoms with Crippen LogP contribution in [0.4, 0.5) is 18.9 Å². The molecule has 0 spiro atoms. The SMILES string of the molecule is Cc1nn(CC(=O)Nc2cc(C(F)(F)F)ccc2Cl)c(=O)c(C#N)c1C. The molecule has 136 valence electrons. The number of hydrogen-bond acceptors (Lipinski definition) is 4. The van der Waals surface area contributed by atoms with Gasteiger partial charge in [-0.2, -0.15) is 23.5 Å². The summed E-state index contributed by atoms with van der Waals surface area (Å²) in [6.45, 7) is 2.53. The zero-order valence-corrected chi connectivity index (χ0v) is 14.4. The first-order chi connectivity index (χ1) is 12.0. The summed E-state index contributed by atoms with van der Waals surface area (Å²) < 4.78 is 39.1. The minimum atomic E-state index is -4.60. The summed E-state index contributed by atoms with van der Waals surface area (Å²) >= 11 is 5.81. The predicted molar refractivity (Wildman–Crippen MR) is 87.8 cm³/mol. The second-order valence-electron chi connectivity index (χ2n) is 5.40. The number of nitriles is 1. The quantitative estimate of drug-likeness (QED) is 0.881. The third-order valence-electron chi connectivity index (χ3n) is 3.61. The van der Waals surface area contributed by atoms with Gasteiger partial charge >= 0.3 is 6.18 Å². The van der Waals surface area contributed by atoms with E-state index >= 15 is 0 Å². The van der Waals surface area contributed by atoms with Crippen molar-refractivity contribution < 1.29 is 18.0 Å². The first-order valence-electron chi connectivity index (χ1n) is 7.19. The number of alkyl halides is 3. The lowest BCUT2D eigenvalue weighted by molar-refractivity contribution is -0.137. The molecule has 2 rings (SSSR count). The molecule has 0 saturated carbocycles. The Balaban J connectivity index is 2.30. The van der Waals surface area contributed by atoms with E-state index in [1.807, 2.05) is 0 Å². The zero-order chi connectivity index (χ0) is 19.6. The van der Waals surface area contributed by atoms with Gasteiger partial charge in [0, 0.05) is 0 Å². The number of anilines is 1. The molecule has 0 atom stereocenters. The molecule has 0 aliphatic heterocycles. The largest absolute Gasteiger partial charge is 0.416 e. The topological polar surface area (TPSA) is 87.8 Å². The van der Waals surface area contributed by atoms with Gasteiger partial charge in [0.2, 0.25) is 5.91 Å². The van der Waals surface area contributed by atoms with Crippen LogP contribution in [0.25, 0.3) is 0 Å². The number of aryl methyl sites for hydroxylation is 1. The van der Waals surface area contributed by atoms with Gasteiger partial charge in [-0.1, -0.05) is 11.6 Å². The van der Waals surface area contributed by atoms with Crippen LogP contribution in [0.3, 0.4) is 0 Å². The maximum atomic E-state index is 12.8. The number of halogens is 4. The van der Waals surface area contributed by atoms with E-state index in [2.05, 4.69) is 10.4 Å². The molecular formula is C16H12ClF3N4O2. The van der Waals surface area contributed by atoms with Crippen LogP contribution in [0.1, 0.15) is 22.4 Å². The van der Waals surface area contributed by atoms with Crippen LogP contribution in [-0.4, -0.2) is 15.7 Å². The van der Waals surface area contributed by atoms with Crippen molar-refractivity contribution >= 4 is 23.2 Å². The van der Waals surface area contributed by atoms with Crippen LogP contribution in [0.5, 0.6) is 0 Å². The molecule has 10 heteroatoms. The number of hydrogen-bond donors (Lipinski definition) is 1. The average Bonchev–Trinajstić information content (AvgIpc) is 2.54. The van der Waals surface area contributed by atoms with Crippen molar-refractivity contribution in [2.24, 2.45) is 0 Å². The van der Waals surface area contributed by atoms with Crippen molar-refractivity contribution in [2.75, 3.05) is 5.32 Å². The van der Waals surface area contributed by atoms with E-state index in [4.69, 9.17) is 16.9 Å². The summed E-state index contributed by atoms with van der Waals surface area (Å²) in [5, 5.41) is 15.1. The Bertz CT molecular complexity index is 977. The molecule has 1 amide bonds. The number of rotatable bonds is 3. The third kappa shape index (κ3) is 4.03. The Morgan fingerprint density at radius 3 is 2.62 bits per heavy atom. The molecule has 2 aromatic rings. The maximum Gasteiger partial charge on any atom is 0.416 e. The van der Waals surface area contributed by atoms with Gasteiger partial charge in [0.15, 0.2) is 0 Å². The minimum Gasteiger partial charge on any atom is -0.323 e. The van der Waals surface area contributed by atoms with Gasteiger partial charge in [-0.05, 0) is 37.6 Å². The van der Waals surface area contributed by atoms with Crippen molar-refractivity contribution in [3.05, 3.63) is 56.0 Å². The molecule has 0 aliphatic rings. The third-order valence-corrected chi connectivity index (χ3v) is 3.94. The molecule has 1 aromatic carbocycles.